The number of aryl methyl sites for hydroxylation is 1. The third-order valence-electron chi connectivity index (χ3n) is 2.27. The Hall–Kier alpha value is -0.630. The normalized spacial score (nSPS) is 11.8. The maximum Gasteiger partial charge on any atom is 0.118 e. The van der Waals surface area contributed by atoms with E-state index in [9.17, 15) is 5.11 Å². The first kappa shape index (κ1) is 13.4. The van der Waals surface area contributed by atoms with Crippen LogP contribution in [-0.2, 0) is 6.42 Å². The zero-order valence-electron chi connectivity index (χ0n) is 10.7. The molecule has 90 valence electrons. The highest BCUT2D eigenvalue weighted by Gasteiger charge is 2.13. The van der Waals surface area contributed by atoms with Crippen molar-refractivity contribution >= 4 is 11.8 Å². The van der Waals surface area contributed by atoms with Crippen molar-refractivity contribution in [1.82, 2.24) is 0 Å². The third-order valence-corrected chi connectivity index (χ3v) is 3.38. The van der Waals surface area contributed by atoms with Crippen molar-refractivity contribution in [3.8, 4) is 5.75 Å². The van der Waals surface area contributed by atoms with Crippen LogP contribution in [0.15, 0.2) is 23.1 Å². The van der Waals surface area contributed by atoms with E-state index in [1.54, 1.807) is 0 Å². The Labute approximate surface area is 103 Å². The summed E-state index contributed by atoms with van der Waals surface area (Å²) in [6.45, 7) is 8.79. The second-order valence-corrected chi connectivity index (χ2v) is 7.01. The van der Waals surface area contributed by atoms with Crippen LogP contribution in [0.25, 0.3) is 0 Å². The molecule has 2 heteroatoms. The summed E-state index contributed by atoms with van der Waals surface area (Å²) < 4.78 is 0.221. The smallest absolute Gasteiger partial charge is 0.118 e. The standard InChI is InChI=1S/C14H22OS/c1-5-6-7-11-10-12(8-9-13(11)15)16-14(2,3)4/h8-10,15H,5-7H2,1-4H3. The lowest BCUT2D eigenvalue weighted by molar-refractivity contribution is 0.466. The molecule has 1 aromatic carbocycles. The summed E-state index contributed by atoms with van der Waals surface area (Å²) in [4.78, 5) is 1.25. The van der Waals surface area contributed by atoms with Crippen molar-refractivity contribution in [2.24, 2.45) is 0 Å². The average Bonchev–Trinajstić information content (AvgIpc) is 2.17. The Balaban J connectivity index is 2.81. The number of hydrogen-bond donors (Lipinski definition) is 1. The molecule has 0 bridgehead atoms. The molecular weight excluding hydrogens is 216 g/mol. The second kappa shape index (κ2) is 5.62. The fourth-order valence-electron chi connectivity index (χ4n) is 1.55. The molecule has 1 rings (SSSR count). The fourth-order valence-corrected chi connectivity index (χ4v) is 2.59. The Bertz CT molecular complexity index is 339. The number of phenolic OH excluding ortho intramolecular Hbond substituents is 1. The molecule has 1 N–H and O–H groups in total. The molecule has 0 saturated heterocycles. The van der Waals surface area contributed by atoms with Gasteiger partial charge in [-0.2, -0.15) is 0 Å². The van der Waals surface area contributed by atoms with Crippen LogP contribution in [-0.4, -0.2) is 9.85 Å². The van der Waals surface area contributed by atoms with Crippen molar-refractivity contribution in [2.75, 3.05) is 0 Å². The number of rotatable bonds is 4. The van der Waals surface area contributed by atoms with Gasteiger partial charge >= 0.3 is 0 Å². The number of phenols is 1. The Kier molecular flexibility index (Phi) is 4.72. The van der Waals surface area contributed by atoms with Crippen LogP contribution in [0.4, 0.5) is 0 Å². The summed E-state index contributed by atoms with van der Waals surface area (Å²) in [5.74, 6) is 0.437. The number of unbranched alkanes of at least 4 members (excludes halogenated alkanes) is 1. The quantitative estimate of drug-likeness (QED) is 0.772. The number of aromatic hydroxyl groups is 1. The molecule has 0 amide bonds. The molecule has 0 heterocycles. The highest BCUT2D eigenvalue weighted by atomic mass is 32.2. The largest absolute Gasteiger partial charge is 0.508 e. The monoisotopic (exact) mass is 238 g/mol. The van der Waals surface area contributed by atoms with Crippen molar-refractivity contribution in [1.29, 1.82) is 0 Å². The van der Waals surface area contributed by atoms with Crippen LogP contribution in [0.2, 0.25) is 0 Å². The van der Waals surface area contributed by atoms with E-state index in [1.807, 2.05) is 23.9 Å². The SMILES string of the molecule is CCCCc1cc(SC(C)(C)C)ccc1O. The minimum Gasteiger partial charge on any atom is -0.508 e. The van der Waals surface area contributed by atoms with Crippen molar-refractivity contribution in [3.05, 3.63) is 23.8 Å². The lowest BCUT2D eigenvalue weighted by atomic mass is 10.1. The Morgan fingerprint density at radius 2 is 1.94 bits per heavy atom. The maximum absolute atomic E-state index is 9.75. The summed E-state index contributed by atoms with van der Waals surface area (Å²) in [5, 5.41) is 9.75. The Morgan fingerprint density at radius 3 is 2.50 bits per heavy atom. The summed E-state index contributed by atoms with van der Waals surface area (Å²) in [7, 11) is 0. The topological polar surface area (TPSA) is 20.2 Å². The molecule has 16 heavy (non-hydrogen) atoms. The van der Waals surface area contributed by atoms with E-state index in [4.69, 9.17) is 0 Å². The molecule has 0 fully saturated rings. The van der Waals surface area contributed by atoms with Crippen LogP contribution in [0, 0.1) is 0 Å². The lowest BCUT2D eigenvalue weighted by Gasteiger charge is -2.18. The minimum atomic E-state index is 0.221. The molecule has 0 spiro atoms. The second-order valence-electron chi connectivity index (χ2n) is 5.11. The van der Waals surface area contributed by atoms with Gasteiger partial charge in [-0.05, 0) is 36.6 Å². The van der Waals surface area contributed by atoms with Gasteiger partial charge in [-0.15, -0.1) is 11.8 Å². The predicted molar refractivity (Wildman–Crippen MR) is 72.3 cm³/mol. The molecule has 1 nitrogen and oxygen atoms in total. The summed E-state index contributed by atoms with van der Waals surface area (Å²) in [6.07, 6.45) is 3.27. The number of benzene rings is 1. The van der Waals surface area contributed by atoms with Crippen LogP contribution in [0.5, 0.6) is 5.75 Å². The van der Waals surface area contributed by atoms with Crippen LogP contribution >= 0.6 is 11.8 Å². The van der Waals surface area contributed by atoms with Gasteiger partial charge in [0.1, 0.15) is 5.75 Å². The molecule has 1 aromatic rings. The van der Waals surface area contributed by atoms with E-state index < -0.39 is 0 Å². The third kappa shape index (κ3) is 4.48. The first-order valence-electron chi connectivity index (χ1n) is 5.93. The van der Waals surface area contributed by atoms with Gasteiger partial charge in [0.05, 0.1) is 0 Å². The molecular formula is C14H22OS. The van der Waals surface area contributed by atoms with E-state index in [2.05, 4.69) is 33.8 Å². The molecule has 0 saturated carbocycles. The van der Waals surface area contributed by atoms with E-state index in [0.717, 1.165) is 24.8 Å². The van der Waals surface area contributed by atoms with Crippen molar-refractivity contribution in [3.63, 3.8) is 0 Å². The van der Waals surface area contributed by atoms with Crippen LogP contribution in [0.3, 0.4) is 0 Å². The summed E-state index contributed by atoms with van der Waals surface area (Å²) >= 11 is 1.85. The van der Waals surface area contributed by atoms with Gasteiger partial charge in [-0.25, -0.2) is 0 Å². The summed E-state index contributed by atoms with van der Waals surface area (Å²) in [5.41, 5.74) is 1.08. The highest BCUT2D eigenvalue weighted by Crippen LogP contribution is 2.34. The molecule has 0 radical (unpaired) electrons. The van der Waals surface area contributed by atoms with Gasteiger partial charge in [0.2, 0.25) is 0 Å². The van der Waals surface area contributed by atoms with Crippen LogP contribution < -0.4 is 0 Å². The van der Waals surface area contributed by atoms with Gasteiger partial charge < -0.3 is 5.11 Å². The van der Waals surface area contributed by atoms with Gasteiger partial charge in [-0.1, -0.05) is 34.1 Å². The van der Waals surface area contributed by atoms with Gasteiger partial charge in [0.25, 0.3) is 0 Å². The lowest BCUT2D eigenvalue weighted by Crippen LogP contribution is -2.06. The number of thioether (sulfide) groups is 1. The van der Waals surface area contributed by atoms with Gasteiger partial charge in [0, 0.05) is 9.64 Å². The minimum absolute atomic E-state index is 0.221. The van der Waals surface area contributed by atoms with E-state index >= 15 is 0 Å². The molecule has 0 aliphatic heterocycles. The van der Waals surface area contributed by atoms with Crippen LogP contribution in [0.1, 0.15) is 46.1 Å². The first-order chi connectivity index (χ1) is 7.42. The predicted octanol–water partition coefficient (Wildman–Crippen LogP) is 4.63. The van der Waals surface area contributed by atoms with E-state index in [1.165, 1.54) is 4.90 Å². The molecule has 0 atom stereocenters. The summed E-state index contributed by atoms with van der Waals surface area (Å²) in [6, 6.07) is 5.95. The first-order valence-corrected chi connectivity index (χ1v) is 6.75. The number of hydrogen-bond acceptors (Lipinski definition) is 2. The molecule has 0 aliphatic rings. The zero-order valence-corrected chi connectivity index (χ0v) is 11.5. The van der Waals surface area contributed by atoms with Crippen molar-refractivity contribution in [2.45, 2.75) is 56.6 Å². The zero-order chi connectivity index (χ0) is 12.2. The molecule has 0 unspecified atom stereocenters. The van der Waals surface area contributed by atoms with Gasteiger partial charge in [0.15, 0.2) is 0 Å². The average molecular weight is 238 g/mol. The van der Waals surface area contributed by atoms with Gasteiger partial charge in [-0.3, -0.25) is 0 Å². The fraction of sp³-hybridized carbons (Fsp3) is 0.571. The Morgan fingerprint density at radius 1 is 1.25 bits per heavy atom. The van der Waals surface area contributed by atoms with Crippen molar-refractivity contribution < 1.29 is 5.11 Å². The maximum atomic E-state index is 9.75. The van der Waals surface area contributed by atoms with E-state index in [0.29, 0.717) is 5.75 Å². The molecule has 0 aromatic heterocycles. The highest BCUT2D eigenvalue weighted by molar-refractivity contribution is 8.00. The van der Waals surface area contributed by atoms with E-state index in [-0.39, 0.29) is 4.75 Å². The molecule has 0 aliphatic carbocycles.